The summed E-state index contributed by atoms with van der Waals surface area (Å²) in [5.41, 5.74) is 1.30. The maximum atomic E-state index is 13.0. The molecule has 0 bridgehead atoms. The fourth-order valence-electron chi connectivity index (χ4n) is 2.35. The van der Waals surface area contributed by atoms with Crippen molar-refractivity contribution in [2.24, 2.45) is 7.05 Å². The van der Waals surface area contributed by atoms with Crippen molar-refractivity contribution in [1.82, 2.24) is 19.5 Å². The SMILES string of the molecule is Cn1cc(C(=O)NCC#Cc2cc3c(Br)cccn3c2[Se]C(F)(F)F)cn1. The van der Waals surface area contributed by atoms with Crippen LogP contribution in [0.5, 0.6) is 0 Å². The monoisotopic (exact) mass is 504 g/mol. The van der Waals surface area contributed by atoms with Crippen molar-refractivity contribution in [1.29, 1.82) is 0 Å². The summed E-state index contributed by atoms with van der Waals surface area (Å²) in [6.45, 7) is 0.0134. The normalized spacial score (nSPS) is 11.3. The Morgan fingerprint density at radius 1 is 1.44 bits per heavy atom. The van der Waals surface area contributed by atoms with Crippen LogP contribution in [0.4, 0.5) is 13.2 Å². The Hall–Kier alpha value is -2.21. The van der Waals surface area contributed by atoms with Crippen LogP contribution in [0.1, 0.15) is 15.9 Å². The van der Waals surface area contributed by atoms with Gasteiger partial charge in [-0.2, -0.15) is 0 Å². The fraction of sp³-hybridized carbons (Fsp3) is 0.176. The molecule has 0 aliphatic heterocycles. The number of amides is 1. The Bertz CT molecular complexity index is 1060. The molecule has 3 aromatic rings. The van der Waals surface area contributed by atoms with Gasteiger partial charge in [0.15, 0.2) is 0 Å². The standard InChI is InChI=1S/C17H12BrF3N4OSe/c1-24-10-12(9-23-24)15(26)22-6-2-4-11-8-14-13(18)5-3-7-25(14)16(11)27-17(19,20)21/h3,5,7-10H,6H2,1H3,(H,22,26). The van der Waals surface area contributed by atoms with Gasteiger partial charge in [0.05, 0.1) is 0 Å². The van der Waals surface area contributed by atoms with Crippen LogP contribution in [0.3, 0.4) is 0 Å². The predicted molar refractivity (Wildman–Crippen MR) is 99.0 cm³/mol. The summed E-state index contributed by atoms with van der Waals surface area (Å²) in [6, 6.07) is 5.03. The van der Waals surface area contributed by atoms with Crippen LogP contribution in [0.2, 0.25) is 0 Å². The van der Waals surface area contributed by atoms with E-state index in [2.05, 4.69) is 38.2 Å². The third-order valence-electron chi connectivity index (χ3n) is 3.45. The van der Waals surface area contributed by atoms with Crippen molar-refractivity contribution >= 4 is 46.9 Å². The summed E-state index contributed by atoms with van der Waals surface area (Å²) in [5.74, 6) is 5.13. The molecule has 0 radical (unpaired) electrons. The van der Waals surface area contributed by atoms with Gasteiger partial charge in [-0.3, -0.25) is 0 Å². The Labute approximate surface area is 167 Å². The quantitative estimate of drug-likeness (QED) is 0.439. The molecule has 0 aromatic carbocycles. The van der Waals surface area contributed by atoms with Gasteiger partial charge >= 0.3 is 167 Å². The van der Waals surface area contributed by atoms with Gasteiger partial charge < -0.3 is 0 Å². The molecule has 10 heteroatoms. The second-order valence-corrected chi connectivity index (χ2v) is 8.47. The molecule has 0 fully saturated rings. The Morgan fingerprint density at radius 3 is 2.89 bits per heavy atom. The van der Waals surface area contributed by atoms with E-state index in [0.717, 1.165) is 0 Å². The Morgan fingerprint density at radius 2 is 2.22 bits per heavy atom. The molecule has 0 aliphatic carbocycles. The molecular weight excluding hydrogens is 492 g/mol. The number of hydrogen-bond donors (Lipinski definition) is 1. The van der Waals surface area contributed by atoms with Crippen molar-refractivity contribution in [2.45, 2.75) is 5.07 Å². The van der Waals surface area contributed by atoms with Gasteiger partial charge in [0, 0.05) is 0 Å². The molecule has 5 nitrogen and oxygen atoms in total. The van der Waals surface area contributed by atoms with Gasteiger partial charge in [0.25, 0.3) is 0 Å². The molecule has 0 aliphatic rings. The van der Waals surface area contributed by atoms with E-state index in [-0.39, 0.29) is 17.0 Å². The third-order valence-corrected chi connectivity index (χ3v) is 5.89. The number of carbonyl (C=O) groups excluding carboxylic acids is 1. The molecule has 3 rings (SSSR count). The first-order chi connectivity index (χ1) is 12.7. The summed E-state index contributed by atoms with van der Waals surface area (Å²) in [6.07, 6.45) is 4.56. The zero-order valence-electron chi connectivity index (χ0n) is 13.8. The first kappa shape index (κ1) is 19.5. The second kappa shape index (κ2) is 7.80. The molecule has 140 valence electrons. The number of nitrogens with zero attached hydrogens (tertiary/aromatic N) is 3. The van der Waals surface area contributed by atoms with Gasteiger partial charge in [0.2, 0.25) is 0 Å². The number of pyridine rings is 1. The third kappa shape index (κ3) is 4.74. The first-order valence-corrected chi connectivity index (χ1v) is 10.1. The van der Waals surface area contributed by atoms with E-state index in [4.69, 9.17) is 0 Å². The van der Waals surface area contributed by atoms with E-state index >= 15 is 0 Å². The molecule has 0 saturated carbocycles. The van der Waals surface area contributed by atoms with Crippen molar-refractivity contribution in [3.8, 4) is 11.8 Å². The number of carbonyl (C=O) groups is 1. The molecule has 1 amide bonds. The Kier molecular flexibility index (Phi) is 5.65. The molecule has 0 saturated heterocycles. The van der Waals surface area contributed by atoms with Crippen LogP contribution in [0.25, 0.3) is 5.52 Å². The van der Waals surface area contributed by atoms with Gasteiger partial charge in [-0.25, -0.2) is 0 Å². The van der Waals surface area contributed by atoms with Gasteiger partial charge in [-0.15, -0.1) is 0 Å². The Balaban J connectivity index is 1.82. The van der Waals surface area contributed by atoms with Crippen LogP contribution in [0.15, 0.2) is 41.3 Å². The van der Waals surface area contributed by atoms with Crippen LogP contribution in [0, 0.1) is 11.8 Å². The van der Waals surface area contributed by atoms with Gasteiger partial charge in [-0.05, 0) is 0 Å². The molecular formula is C17H12BrF3N4OSe. The van der Waals surface area contributed by atoms with E-state index < -0.39 is 20.0 Å². The number of alkyl halides is 3. The zero-order chi connectivity index (χ0) is 19.6. The van der Waals surface area contributed by atoms with Crippen molar-refractivity contribution in [2.75, 3.05) is 6.54 Å². The van der Waals surface area contributed by atoms with Gasteiger partial charge in [0.1, 0.15) is 0 Å². The number of hydrogen-bond acceptors (Lipinski definition) is 2. The average Bonchev–Trinajstić information content (AvgIpc) is 3.16. The maximum absolute atomic E-state index is 13.0. The molecule has 0 unspecified atom stereocenters. The number of rotatable bonds is 3. The molecule has 0 atom stereocenters. The van der Waals surface area contributed by atoms with Crippen LogP contribution in [-0.4, -0.2) is 46.7 Å². The van der Waals surface area contributed by atoms with Crippen LogP contribution >= 0.6 is 15.9 Å². The van der Waals surface area contributed by atoms with Crippen molar-refractivity contribution in [3.05, 3.63) is 52.4 Å². The molecule has 3 aromatic heterocycles. The van der Waals surface area contributed by atoms with E-state index in [0.29, 0.717) is 21.1 Å². The summed E-state index contributed by atoms with van der Waals surface area (Å²) in [5, 5.41) is 2.20. The zero-order valence-corrected chi connectivity index (χ0v) is 17.1. The number of fused-ring (bicyclic) bond motifs is 1. The van der Waals surface area contributed by atoms with E-state index in [1.54, 1.807) is 37.6 Å². The van der Waals surface area contributed by atoms with Crippen molar-refractivity contribution in [3.63, 3.8) is 0 Å². The second-order valence-electron chi connectivity index (χ2n) is 5.41. The van der Waals surface area contributed by atoms with Crippen LogP contribution in [-0.2, 0) is 7.05 Å². The fourth-order valence-corrected chi connectivity index (χ4v) is 4.27. The minimum atomic E-state index is -4.30. The van der Waals surface area contributed by atoms with E-state index in [1.165, 1.54) is 15.3 Å². The van der Waals surface area contributed by atoms with E-state index in [1.807, 2.05) is 0 Å². The summed E-state index contributed by atoms with van der Waals surface area (Å²) >= 11 is 1.60. The summed E-state index contributed by atoms with van der Waals surface area (Å²) < 4.78 is 42.8. The van der Waals surface area contributed by atoms with Crippen molar-refractivity contribution < 1.29 is 18.0 Å². The summed E-state index contributed by atoms with van der Waals surface area (Å²) in [7, 11) is 1.69. The molecule has 1 N–H and O–H groups in total. The minimum absolute atomic E-state index is 0.0134. The topological polar surface area (TPSA) is 51.3 Å². The average molecular weight is 504 g/mol. The molecule has 0 spiro atoms. The molecule has 3 heterocycles. The number of halogens is 4. The molecule has 27 heavy (non-hydrogen) atoms. The predicted octanol–water partition coefficient (Wildman–Crippen LogP) is 2.07. The number of aromatic nitrogens is 3. The summed E-state index contributed by atoms with van der Waals surface area (Å²) in [4.78, 5) is 11.9. The first-order valence-electron chi connectivity index (χ1n) is 7.55. The number of aryl methyl sites for hydroxylation is 1. The number of nitrogens with one attached hydrogen (secondary N) is 1. The van der Waals surface area contributed by atoms with Gasteiger partial charge in [-0.1, -0.05) is 0 Å². The van der Waals surface area contributed by atoms with E-state index in [9.17, 15) is 18.0 Å². The van der Waals surface area contributed by atoms with Crippen LogP contribution < -0.4 is 9.91 Å².